The minimum atomic E-state index is 0.477. The van der Waals surface area contributed by atoms with Gasteiger partial charge in [-0.25, -0.2) is 4.98 Å². The first-order valence-corrected chi connectivity index (χ1v) is 6.21. The summed E-state index contributed by atoms with van der Waals surface area (Å²) < 4.78 is 6.03. The Bertz CT molecular complexity index is 567. The molecule has 1 heterocycles. The van der Waals surface area contributed by atoms with Crippen molar-refractivity contribution < 1.29 is 4.74 Å². The van der Waals surface area contributed by atoms with E-state index >= 15 is 0 Å². The van der Waals surface area contributed by atoms with Crippen molar-refractivity contribution in [3.05, 3.63) is 64.5 Å². The first-order valence-electron chi connectivity index (χ1n) is 5.42. The molecule has 2 rings (SSSR count). The quantitative estimate of drug-likeness (QED) is 0.883. The monoisotopic (exact) mass is 304 g/mol. The summed E-state index contributed by atoms with van der Waals surface area (Å²) in [5.74, 6) is 0.477. The first-order chi connectivity index (χ1) is 8.72. The number of methoxy groups -OCH3 is 1. The number of pyridine rings is 1. The molecule has 0 radical (unpaired) electrons. The van der Waals surface area contributed by atoms with Crippen LogP contribution in [-0.2, 0) is 4.74 Å². The van der Waals surface area contributed by atoms with E-state index in [9.17, 15) is 0 Å². The summed E-state index contributed by atoms with van der Waals surface area (Å²) in [6.07, 6.45) is 3.35. The van der Waals surface area contributed by atoms with Gasteiger partial charge in [0.15, 0.2) is 0 Å². The van der Waals surface area contributed by atoms with Crippen molar-refractivity contribution in [1.29, 1.82) is 0 Å². The van der Waals surface area contributed by atoms with Crippen LogP contribution >= 0.6 is 15.9 Å². The van der Waals surface area contributed by atoms with Gasteiger partial charge in [0, 0.05) is 21.8 Å². The lowest BCUT2D eigenvalue weighted by Gasteiger charge is -2.10. The van der Waals surface area contributed by atoms with Crippen LogP contribution < -0.4 is 5.73 Å². The first kappa shape index (κ1) is 12.6. The van der Waals surface area contributed by atoms with Crippen molar-refractivity contribution in [3.8, 4) is 0 Å². The molecule has 2 aromatic rings. The van der Waals surface area contributed by atoms with E-state index in [1.807, 2.05) is 36.4 Å². The van der Waals surface area contributed by atoms with Crippen molar-refractivity contribution >= 4 is 27.3 Å². The lowest BCUT2D eigenvalue weighted by atomic mass is 10.00. The number of nitrogen functional groups attached to an aromatic ring is 1. The zero-order valence-corrected chi connectivity index (χ0v) is 11.5. The number of anilines is 1. The van der Waals surface area contributed by atoms with Crippen molar-refractivity contribution in [2.24, 2.45) is 0 Å². The molecular formula is C14H13BrN2O. The molecule has 0 aliphatic carbocycles. The molecule has 2 N–H and O–H groups in total. The molecule has 0 aliphatic heterocycles. The maximum absolute atomic E-state index is 5.93. The standard InChI is InChI=1S/C14H13BrN2O/c1-18-9-13(10-5-3-2-4-6-10)12-7-11(15)8-17-14(12)16/h2-9H,1H3,(H2,16,17)/b13-9+. The fourth-order valence-electron chi connectivity index (χ4n) is 1.69. The molecular weight excluding hydrogens is 292 g/mol. The smallest absolute Gasteiger partial charge is 0.131 e. The molecule has 0 spiro atoms. The number of halogens is 1. The summed E-state index contributed by atoms with van der Waals surface area (Å²) in [6, 6.07) is 11.9. The summed E-state index contributed by atoms with van der Waals surface area (Å²) in [6.45, 7) is 0. The fourth-order valence-corrected chi connectivity index (χ4v) is 2.02. The molecule has 0 saturated carbocycles. The minimum absolute atomic E-state index is 0.477. The Hall–Kier alpha value is -1.81. The van der Waals surface area contributed by atoms with Gasteiger partial charge in [-0.1, -0.05) is 30.3 Å². The SMILES string of the molecule is CO/C=C(\c1ccccc1)c1cc(Br)cnc1N. The Morgan fingerprint density at radius 1 is 1.33 bits per heavy atom. The number of aromatic nitrogens is 1. The van der Waals surface area contributed by atoms with Crippen LogP contribution in [0.1, 0.15) is 11.1 Å². The van der Waals surface area contributed by atoms with Crippen molar-refractivity contribution in [3.63, 3.8) is 0 Å². The predicted molar refractivity (Wildman–Crippen MR) is 76.9 cm³/mol. The number of ether oxygens (including phenoxy) is 1. The molecule has 0 fully saturated rings. The highest BCUT2D eigenvalue weighted by molar-refractivity contribution is 9.10. The third kappa shape index (κ3) is 2.71. The van der Waals surface area contributed by atoms with Gasteiger partial charge >= 0.3 is 0 Å². The maximum atomic E-state index is 5.93. The lowest BCUT2D eigenvalue weighted by molar-refractivity contribution is 0.340. The average molecular weight is 305 g/mol. The molecule has 3 nitrogen and oxygen atoms in total. The van der Waals surface area contributed by atoms with Crippen LogP contribution in [0.15, 0.2) is 53.3 Å². The van der Waals surface area contributed by atoms with Gasteiger partial charge in [-0.3, -0.25) is 0 Å². The van der Waals surface area contributed by atoms with Crippen LogP contribution in [0.5, 0.6) is 0 Å². The van der Waals surface area contributed by atoms with Gasteiger partial charge in [0.1, 0.15) is 5.82 Å². The van der Waals surface area contributed by atoms with Crippen LogP contribution in [0, 0.1) is 0 Å². The van der Waals surface area contributed by atoms with Gasteiger partial charge in [0.05, 0.1) is 13.4 Å². The molecule has 0 aliphatic rings. The molecule has 0 atom stereocenters. The van der Waals surface area contributed by atoms with Gasteiger partial charge in [0.25, 0.3) is 0 Å². The van der Waals surface area contributed by atoms with Gasteiger partial charge in [0.2, 0.25) is 0 Å². The molecule has 0 bridgehead atoms. The summed E-state index contributed by atoms with van der Waals surface area (Å²) in [5, 5.41) is 0. The third-order valence-corrected chi connectivity index (χ3v) is 2.93. The zero-order valence-electron chi connectivity index (χ0n) is 9.93. The topological polar surface area (TPSA) is 48.1 Å². The lowest BCUT2D eigenvalue weighted by Crippen LogP contribution is -1.98. The Labute approximate surface area is 114 Å². The summed E-state index contributed by atoms with van der Waals surface area (Å²) in [4.78, 5) is 4.14. The van der Waals surface area contributed by atoms with E-state index in [0.29, 0.717) is 5.82 Å². The largest absolute Gasteiger partial charge is 0.504 e. The second-order valence-corrected chi connectivity index (χ2v) is 4.64. The Balaban J connectivity index is 2.56. The predicted octanol–water partition coefficient (Wildman–Crippen LogP) is 3.46. The minimum Gasteiger partial charge on any atom is -0.504 e. The maximum Gasteiger partial charge on any atom is 0.131 e. The highest BCUT2D eigenvalue weighted by atomic mass is 79.9. The summed E-state index contributed by atoms with van der Waals surface area (Å²) in [7, 11) is 1.62. The van der Waals surface area contributed by atoms with Crippen LogP contribution in [0.25, 0.3) is 5.57 Å². The molecule has 92 valence electrons. The van der Waals surface area contributed by atoms with Crippen LogP contribution in [-0.4, -0.2) is 12.1 Å². The Morgan fingerprint density at radius 3 is 2.72 bits per heavy atom. The van der Waals surface area contributed by atoms with E-state index < -0.39 is 0 Å². The molecule has 0 amide bonds. The zero-order chi connectivity index (χ0) is 13.0. The highest BCUT2D eigenvalue weighted by Crippen LogP contribution is 2.28. The van der Waals surface area contributed by atoms with Gasteiger partial charge in [-0.2, -0.15) is 0 Å². The normalized spacial score (nSPS) is 11.3. The number of nitrogens with two attached hydrogens (primary N) is 1. The van der Waals surface area contributed by atoms with Crippen molar-refractivity contribution in [1.82, 2.24) is 4.98 Å². The van der Waals surface area contributed by atoms with Crippen LogP contribution in [0.2, 0.25) is 0 Å². The Morgan fingerprint density at radius 2 is 2.06 bits per heavy atom. The second-order valence-electron chi connectivity index (χ2n) is 3.72. The third-order valence-electron chi connectivity index (χ3n) is 2.50. The van der Waals surface area contributed by atoms with Gasteiger partial charge in [-0.05, 0) is 27.6 Å². The van der Waals surface area contributed by atoms with Crippen molar-refractivity contribution in [2.45, 2.75) is 0 Å². The Kier molecular flexibility index (Phi) is 3.99. The van der Waals surface area contributed by atoms with Gasteiger partial charge < -0.3 is 10.5 Å². The molecule has 1 aromatic carbocycles. The van der Waals surface area contributed by atoms with Gasteiger partial charge in [-0.15, -0.1) is 0 Å². The molecule has 18 heavy (non-hydrogen) atoms. The summed E-state index contributed by atoms with van der Waals surface area (Å²) >= 11 is 3.40. The van der Waals surface area contributed by atoms with Crippen LogP contribution in [0.3, 0.4) is 0 Å². The van der Waals surface area contributed by atoms with Crippen LogP contribution in [0.4, 0.5) is 5.82 Å². The number of benzene rings is 1. The molecule has 4 heteroatoms. The summed E-state index contributed by atoms with van der Waals surface area (Å²) in [5.41, 5.74) is 8.71. The molecule has 1 aromatic heterocycles. The number of rotatable bonds is 3. The molecule has 0 unspecified atom stereocenters. The number of hydrogen-bond acceptors (Lipinski definition) is 3. The molecule has 0 saturated heterocycles. The van der Waals surface area contributed by atoms with E-state index in [0.717, 1.165) is 21.2 Å². The van der Waals surface area contributed by atoms with E-state index in [4.69, 9.17) is 10.5 Å². The number of nitrogens with zero attached hydrogens (tertiary/aromatic N) is 1. The van der Waals surface area contributed by atoms with E-state index in [2.05, 4.69) is 20.9 Å². The van der Waals surface area contributed by atoms with E-state index in [-0.39, 0.29) is 0 Å². The fraction of sp³-hybridized carbons (Fsp3) is 0.0714. The van der Waals surface area contributed by atoms with E-state index in [1.165, 1.54) is 0 Å². The van der Waals surface area contributed by atoms with Crippen molar-refractivity contribution in [2.75, 3.05) is 12.8 Å². The highest BCUT2D eigenvalue weighted by Gasteiger charge is 2.10. The number of hydrogen-bond donors (Lipinski definition) is 1. The van der Waals surface area contributed by atoms with E-state index in [1.54, 1.807) is 19.6 Å². The average Bonchev–Trinajstić information content (AvgIpc) is 2.40. The second kappa shape index (κ2) is 5.69.